The van der Waals surface area contributed by atoms with Gasteiger partial charge in [0.25, 0.3) is 5.69 Å². The molecule has 2 aromatic carbocycles. The topological polar surface area (TPSA) is 84.3 Å². The SMILES string of the molecule is Cc1ccc([N+](=O)[O-])cc1NC(=S)NC(=O)/C=C/c1ccccc1. The number of nitro benzene ring substituents is 1. The van der Waals surface area contributed by atoms with Gasteiger partial charge in [-0.1, -0.05) is 36.4 Å². The Morgan fingerprint density at radius 1 is 1.21 bits per heavy atom. The number of rotatable bonds is 4. The zero-order chi connectivity index (χ0) is 17.5. The average molecular weight is 341 g/mol. The number of thiocarbonyl (C=S) groups is 1. The summed E-state index contributed by atoms with van der Waals surface area (Å²) in [5.74, 6) is -0.389. The van der Waals surface area contributed by atoms with Gasteiger partial charge in [0.2, 0.25) is 5.91 Å². The van der Waals surface area contributed by atoms with E-state index >= 15 is 0 Å². The summed E-state index contributed by atoms with van der Waals surface area (Å²) in [7, 11) is 0. The summed E-state index contributed by atoms with van der Waals surface area (Å²) in [5.41, 5.74) is 2.08. The quantitative estimate of drug-likeness (QED) is 0.385. The van der Waals surface area contributed by atoms with Crippen molar-refractivity contribution < 1.29 is 9.72 Å². The van der Waals surface area contributed by atoms with Crippen LogP contribution in [0.15, 0.2) is 54.6 Å². The van der Waals surface area contributed by atoms with Crippen molar-refractivity contribution in [2.75, 3.05) is 5.32 Å². The number of nitrogens with one attached hydrogen (secondary N) is 2. The van der Waals surface area contributed by atoms with Crippen LogP contribution in [0.25, 0.3) is 6.08 Å². The number of aryl methyl sites for hydroxylation is 1. The molecule has 0 radical (unpaired) electrons. The number of hydrogen-bond donors (Lipinski definition) is 2. The highest BCUT2D eigenvalue weighted by Crippen LogP contribution is 2.21. The number of carbonyl (C=O) groups is 1. The molecule has 0 aliphatic heterocycles. The number of nitrogens with zero attached hydrogens (tertiary/aromatic N) is 1. The maximum Gasteiger partial charge on any atom is 0.271 e. The summed E-state index contributed by atoms with van der Waals surface area (Å²) in [5, 5.41) is 16.2. The lowest BCUT2D eigenvalue weighted by atomic mass is 10.2. The third-order valence-electron chi connectivity index (χ3n) is 3.14. The minimum atomic E-state index is -0.491. The number of amides is 1. The minimum absolute atomic E-state index is 0.0544. The molecule has 2 aromatic rings. The molecule has 0 unspecified atom stereocenters. The molecule has 1 amide bonds. The molecule has 0 fully saturated rings. The Kier molecular flexibility index (Phi) is 5.75. The van der Waals surface area contributed by atoms with E-state index in [0.29, 0.717) is 5.69 Å². The van der Waals surface area contributed by atoms with Crippen LogP contribution in [-0.4, -0.2) is 15.9 Å². The van der Waals surface area contributed by atoms with Gasteiger partial charge < -0.3 is 5.32 Å². The summed E-state index contributed by atoms with van der Waals surface area (Å²) in [6.45, 7) is 1.78. The molecule has 0 aliphatic rings. The van der Waals surface area contributed by atoms with Crippen molar-refractivity contribution in [3.63, 3.8) is 0 Å². The lowest BCUT2D eigenvalue weighted by Gasteiger charge is -2.10. The van der Waals surface area contributed by atoms with Crippen LogP contribution in [0.3, 0.4) is 0 Å². The summed E-state index contributed by atoms with van der Waals surface area (Å²) >= 11 is 5.06. The predicted molar refractivity (Wildman–Crippen MR) is 97.7 cm³/mol. The van der Waals surface area contributed by atoms with E-state index in [4.69, 9.17) is 12.2 Å². The van der Waals surface area contributed by atoms with E-state index in [9.17, 15) is 14.9 Å². The third-order valence-corrected chi connectivity index (χ3v) is 3.35. The van der Waals surface area contributed by atoms with Gasteiger partial charge >= 0.3 is 0 Å². The second kappa shape index (κ2) is 7.98. The fraction of sp³-hybridized carbons (Fsp3) is 0.0588. The second-order valence-corrected chi connectivity index (χ2v) is 5.35. The van der Waals surface area contributed by atoms with Crippen LogP contribution >= 0.6 is 12.2 Å². The van der Waals surface area contributed by atoms with Crippen LogP contribution in [0.1, 0.15) is 11.1 Å². The lowest BCUT2D eigenvalue weighted by Crippen LogP contribution is -2.33. The van der Waals surface area contributed by atoms with E-state index in [2.05, 4.69) is 10.6 Å². The first-order valence-electron chi connectivity index (χ1n) is 7.06. The molecular formula is C17H15N3O3S. The van der Waals surface area contributed by atoms with E-state index in [1.54, 1.807) is 19.1 Å². The standard InChI is InChI=1S/C17H15N3O3S/c1-12-7-9-14(20(22)23)11-15(12)18-17(24)19-16(21)10-8-13-5-3-2-4-6-13/h2-11H,1H3,(H2,18,19,21,24)/b10-8+. The normalized spacial score (nSPS) is 10.4. The van der Waals surface area contributed by atoms with Crippen LogP contribution in [-0.2, 0) is 4.79 Å². The summed E-state index contributed by atoms with van der Waals surface area (Å²) < 4.78 is 0. The Morgan fingerprint density at radius 2 is 1.92 bits per heavy atom. The molecule has 0 heterocycles. The zero-order valence-electron chi connectivity index (χ0n) is 12.9. The van der Waals surface area contributed by atoms with Gasteiger partial charge in [0.05, 0.1) is 4.92 Å². The van der Waals surface area contributed by atoms with Gasteiger partial charge in [0, 0.05) is 23.9 Å². The van der Waals surface area contributed by atoms with Crippen LogP contribution in [0.5, 0.6) is 0 Å². The van der Waals surface area contributed by atoms with Crippen LogP contribution in [0, 0.1) is 17.0 Å². The molecular weight excluding hydrogens is 326 g/mol. The van der Waals surface area contributed by atoms with Gasteiger partial charge in [0.15, 0.2) is 5.11 Å². The van der Waals surface area contributed by atoms with Crippen molar-refractivity contribution in [3.8, 4) is 0 Å². The molecule has 0 bridgehead atoms. The van der Waals surface area contributed by atoms with E-state index in [1.165, 1.54) is 18.2 Å². The highest BCUT2D eigenvalue weighted by molar-refractivity contribution is 7.80. The van der Waals surface area contributed by atoms with Gasteiger partial charge in [-0.25, -0.2) is 0 Å². The summed E-state index contributed by atoms with van der Waals surface area (Å²) in [4.78, 5) is 22.2. The van der Waals surface area contributed by atoms with Gasteiger partial charge in [0.1, 0.15) is 0 Å². The van der Waals surface area contributed by atoms with Crippen molar-refractivity contribution in [1.29, 1.82) is 0 Å². The Morgan fingerprint density at radius 3 is 2.58 bits per heavy atom. The van der Waals surface area contributed by atoms with E-state index in [0.717, 1.165) is 11.1 Å². The third kappa shape index (κ3) is 4.99. The van der Waals surface area contributed by atoms with Crippen molar-refractivity contribution in [2.24, 2.45) is 0 Å². The molecule has 24 heavy (non-hydrogen) atoms. The monoisotopic (exact) mass is 341 g/mol. The number of anilines is 1. The van der Waals surface area contributed by atoms with Crippen molar-refractivity contribution in [2.45, 2.75) is 6.92 Å². The molecule has 122 valence electrons. The Labute approximate surface area is 144 Å². The molecule has 6 nitrogen and oxygen atoms in total. The van der Waals surface area contributed by atoms with E-state index in [1.807, 2.05) is 30.3 Å². The number of carbonyl (C=O) groups excluding carboxylic acids is 1. The van der Waals surface area contributed by atoms with Gasteiger partial charge in [-0.3, -0.25) is 20.2 Å². The van der Waals surface area contributed by atoms with Gasteiger partial charge in [-0.05, 0) is 36.3 Å². The summed E-state index contributed by atoms with van der Waals surface area (Å²) in [6.07, 6.45) is 3.03. The highest BCUT2D eigenvalue weighted by Gasteiger charge is 2.10. The molecule has 2 N–H and O–H groups in total. The van der Waals surface area contributed by atoms with E-state index < -0.39 is 4.92 Å². The predicted octanol–water partition coefficient (Wildman–Crippen LogP) is 3.43. The van der Waals surface area contributed by atoms with Crippen LogP contribution in [0.2, 0.25) is 0 Å². The van der Waals surface area contributed by atoms with Gasteiger partial charge in [-0.2, -0.15) is 0 Å². The second-order valence-electron chi connectivity index (χ2n) is 4.94. The average Bonchev–Trinajstić information content (AvgIpc) is 2.55. The number of hydrogen-bond acceptors (Lipinski definition) is 4. The number of nitro groups is 1. The molecule has 2 rings (SSSR count). The van der Waals surface area contributed by atoms with Gasteiger partial charge in [-0.15, -0.1) is 0 Å². The largest absolute Gasteiger partial charge is 0.332 e. The van der Waals surface area contributed by atoms with E-state index in [-0.39, 0.29) is 16.7 Å². The molecule has 0 aromatic heterocycles. The van der Waals surface area contributed by atoms with Crippen molar-refractivity contribution in [1.82, 2.24) is 5.32 Å². The number of benzene rings is 2. The first-order valence-corrected chi connectivity index (χ1v) is 7.46. The first-order chi connectivity index (χ1) is 11.5. The highest BCUT2D eigenvalue weighted by atomic mass is 32.1. The van der Waals surface area contributed by atoms with Crippen molar-refractivity contribution >= 4 is 40.7 Å². The molecule has 0 spiro atoms. The van der Waals surface area contributed by atoms with Crippen LogP contribution < -0.4 is 10.6 Å². The maximum absolute atomic E-state index is 11.8. The lowest BCUT2D eigenvalue weighted by molar-refractivity contribution is -0.384. The molecule has 0 aliphatic carbocycles. The minimum Gasteiger partial charge on any atom is -0.332 e. The summed E-state index contributed by atoms with van der Waals surface area (Å²) in [6, 6.07) is 13.7. The molecule has 0 atom stereocenters. The number of non-ortho nitro benzene ring substituents is 1. The smallest absolute Gasteiger partial charge is 0.271 e. The fourth-order valence-electron chi connectivity index (χ4n) is 1.90. The molecule has 0 saturated heterocycles. The Bertz CT molecular complexity index is 804. The zero-order valence-corrected chi connectivity index (χ0v) is 13.7. The maximum atomic E-state index is 11.8. The van der Waals surface area contributed by atoms with Crippen molar-refractivity contribution in [3.05, 3.63) is 75.8 Å². The fourth-order valence-corrected chi connectivity index (χ4v) is 2.11. The Hall–Kier alpha value is -3.06. The van der Waals surface area contributed by atoms with Crippen LogP contribution in [0.4, 0.5) is 11.4 Å². The molecule has 7 heteroatoms. The molecule has 0 saturated carbocycles. The Balaban J connectivity index is 1.98. The first kappa shape index (κ1) is 17.3.